The average Bonchev–Trinajstić information content (AvgIpc) is 2.94. The van der Waals surface area contributed by atoms with Crippen LogP contribution in [0.3, 0.4) is 0 Å². The summed E-state index contributed by atoms with van der Waals surface area (Å²) >= 11 is 5.84. The van der Waals surface area contributed by atoms with Crippen molar-refractivity contribution in [3.05, 3.63) is 134 Å². The summed E-state index contributed by atoms with van der Waals surface area (Å²) in [5.41, 5.74) is 3.32. The van der Waals surface area contributed by atoms with Gasteiger partial charge in [0.05, 0.1) is 16.7 Å². The number of esters is 1. The molecule has 0 saturated heterocycles. The van der Waals surface area contributed by atoms with E-state index in [4.69, 9.17) is 16.3 Å². The van der Waals surface area contributed by atoms with Crippen molar-refractivity contribution in [2.75, 3.05) is 5.32 Å². The van der Waals surface area contributed by atoms with Crippen LogP contribution in [-0.4, -0.2) is 28.9 Å². The molecule has 0 bridgehead atoms. The second kappa shape index (κ2) is 12.3. The maximum absolute atomic E-state index is 12.6. The van der Waals surface area contributed by atoms with E-state index in [-0.39, 0.29) is 28.3 Å². The number of carbonyl (C=O) groups is 3. The minimum Gasteiger partial charge on any atom is -0.415 e. The summed E-state index contributed by atoms with van der Waals surface area (Å²) < 4.78 is 5.32. The molecule has 4 aromatic rings. The number of hydrazone groups is 1. The van der Waals surface area contributed by atoms with Crippen LogP contribution in [-0.2, 0) is 0 Å². The largest absolute Gasteiger partial charge is 0.415 e. The van der Waals surface area contributed by atoms with Crippen LogP contribution in [0.4, 0.5) is 11.4 Å². The third-order valence-corrected chi connectivity index (χ3v) is 5.56. The van der Waals surface area contributed by atoms with E-state index < -0.39 is 22.5 Å². The number of hydrogen-bond acceptors (Lipinski definition) is 7. The van der Waals surface area contributed by atoms with E-state index in [0.717, 1.165) is 6.21 Å². The SMILES string of the molecule is O=C(N/N=C/c1cccc([N+](=O)[O-])c1OC(=O)c1ccc(Cl)cc1)c1ccc(NC(=O)c2ccccc2)cc1. The number of ether oxygens (including phenoxy) is 1. The van der Waals surface area contributed by atoms with E-state index in [2.05, 4.69) is 15.8 Å². The number of nitrogens with zero attached hydrogens (tertiary/aromatic N) is 2. The summed E-state index contributed by atoms with van der Waals surface area (Å²) in [5, 5.41) is 18.5. The third-order valence-electron chi connectivity index (χ3n) is 5.31. The lowest BCUT2D eigenvalue weighted by atomic mass is 10.1. The zero-order chi connectivity index (χ0) is 27.8. The number of anilines is 1. The fraction of sp³-hybridized carbons (Fsp3) is 0. The zero-order valence-electron chi connectivity index (χ0n) is 20.0. The van der Waals surface area contributed by atoms with Crippen LogP contribution in [0, 0.1) is 10.1 Å². The Hall–Kier alpha value is -5.35. The van der Waals surface area contributed by atoms with Gasteiger partial charge in [-0.25, -0.2) is 10.2 Å². The van der Waals surface area contributed by atoms with Gasteiger partial charge in [0.2, 0.25) is 5.75 Å². The fourth-order valence-electron chi connectivity index (χ4n) is 3.36. The molecule has 0 heterocycles. The first-order valence-electron chi connectivity index (χ1n) is 11.4. The summed E-state index contributed by atoms with van der Waals surface area (Å²) in [6.45, 7) is 0. The molecule has 10 nitrogen and oxygen atoms in total. The molecule has 0 aromatic heterocycles. The maximum Gasteiger partial charge on any atom is 0.343 e. The highest BCUT2D eigenvalue weighted by atomic mass is 35.5. The zero-order valence-corrected chi connectivity index (χ0v) is 20.8. The highest BCUT2D eigenvalue weighted by molar-refractivity contribution is 6.30. The predicted molar refractivity (Wildman–Crippen MR) is 145 cm³/mol. The van der Waals surface area contributed by atoms with Gasteiger partial charge in [0, 0.05) is 33.5 Å². The highest BCUT2D eigenvalue weighted by Crippen LogP contribution is 2.31. The number of benzene rings is 4. The Balaban J connectivity index is 1.44. The fourth-order valence-corrected chi connectivity index (χ4v) is 3.49. The molecule has 11 heteroatoms. The topological polar surface area (TPSA) is 140 Å². The average molecular weight is 543 g/mol. The van der Waals surface area contributed by atoms with Gasteiger partial charge in [0.1, 0.15) is 0 Å². The van der Waals surface area contributed by atoms with Crippen molar-refractivity contribution in [1.82, 2.24) is 5.43 Å². The smallest absolute Gasteiger partial charge is 0.343 e. The predicted octanol–water partition coefficient (Wildman–Crippen LogP) is 5.48. The summed E-state index contributed by atoms with van der Waals surface area (Å²) in [4.78, 5) is 48.2. The Morgan fingerprint density at radius 1 is 0.795 bits per heavy atom. The number of amides is 2. The summed E-state index contributed by atoms with van der Waals surface area (Å²) in [7, 11) is 0. The first kappa shape index (κ1) is 26.7. The number of carbonyl (C=O) groups excluding carboxylic acids is 3. The van der Waals surface area contributed by atoms with Crippen molar-refractivity contribution in [2.24, 2.45) is 5.10 Å². The number of nitro groups is 1. The van der Waals surface area contributed by atoms with Crippen LogP contribution in [0.25, 0.3) is 0 Å². The number of halogens is 1. The molecule has 4 aromatic carbocycles. The molecule has 0 saturated carbocycles. The first-order valence-corrected chi connectivity index (χ1v) is 11.7. The van der Waals surface area contributed by atoms with Gasteiger partial charge in [-0.1, -0.05) is 35.9 Å². The molecular weight excluding hydrogens is 524 g/mol. The van der Waals surface area contributed by atoms with E-state index in [0.29, 0.717) is 16.3 Å². The second-order valence-corrected chi connectivity index (χ2v) is 8.38. The minimum atomic E-state index is -0.834. The van der Waals surface area contributed by atoms with Crippen LogP contribution >= 0.6 is 11.6 Å². The molecular formula is C28H19ClN4O6. The van der Waals surface area contributed by atoms with Crippen LogP contribution in [0.2, 0.25) is 5.02 Å². The van der Waals surface area contributed by atoms with Crippen LogP contribution in [0.15, 0.2) is 102 Å². The van der Waals surface area contributed by atoms with E-state index in [9.17, 15) is 24.5 Å². The van der Waals surface area contributed by atoms with Crippen LogP contribution in [0.1, 0.15) is 36.6 Å². The number of hydrogen-bond donors (Lipinski definition) is 2. The summed E-state index contributed by atoms with van der Waals surface area (Å²) in [5.74, 6) is -2.03. The van der Waals surface area contributed by atoms with Gasteiger partial charge in [0.25, 0.3) is 11.8 Å². The number of para-hydroxylation sites is 1. The van der Waals surface area contributed by atoms with Gasteiger partial charge >= 0.3 is 11.7 Å². The van der Waals surface area contributed by atoms with Crippen LogP contribution < -0.4 is 15.5 Å². The van der Waals surface area contributed by atoms with Crippen LogP contribution in [0.5, 0.6) is 5.75 Å². The Kier molecular flexibility index (Phi) is 8.40. The van der Waals surface area contributed by atoms with Gasteiger partial charge in [0.15, 0.2) is 0 Å². The quantitative estimate of drug-likeness (QED) is 0.0992. The molecule has 0 spiro atoms. The van der Waals surface area contributed by atoms with E-state index in [1.807, 2.05) is 0 Å². The molecule has 2 N–H and O–H groups in total. The molecule has 2 amide bonds. The lowest BCUT2D eigenvalue weighted by Gasteiger charge is -2.08. The maximum atomic E-state index is 12.6. The van der Waals surface area contributed by atoms with Crippen molar-refractivity contribution >= 4 is 47.0 Å². The van der Waals surface area contributed by atoms with E-state index in [1.165, 1.54) is 54.6 Å². The van der Waals surface area contributed by atoms with Gasteiger partial charge in [-0.3, -0.25) is 19.7 Å². The molecule has 0 aliphatic heterocycles. The molecule has 0 aliphatic rings. The summed E-state index contributed by atoms with van der Waals surface area (Å²) in [6.07, 6.45) is 1.13. The van der Waals surface area contributed by atoms with Crippen molar-refractivity contribution in [3.63, 3.8) is 0 Å². The normalized spacial score (nSPS) is 10.6. The summed E-state index contributed by atoms with van der Waals surface area (Å²) in [6, 6.07) is 24.6. The van der Waals surface area contributed by atoms with E-state index in [1.54, 1.807) is 42.5 Å². The standard InChI is InChI=1S/C28H19ClN4O6/c29-22-13-9-20(10-14-22)28(36)39-25-21(7-4-8-24(25)33(37)38)17-30-32-27(35)19-11-15-23(16-12-19)31-26(34)18-5-2-1-3-6-18/h1-17H,(H,31,34)(H,32,35)/b30-17+. The molecule has 194 valence electrons. The molecule has 39 heavy (non-hydrogen) atoms. The molecule has 0 unspecified atom stereocenters. The first-order chi connectivity index (χ1) is 18.8. The van der Waals surface area contributed by atoms with Crippen molar-refractivity contribution < 1.29 is 24.0 Å². The van der Waals surface area contributed by atoms with Gasteiger partial charge in [-0.15, -0.1) is 0 Å². The lowest BCUT2D eigenvalue weighted by molar-refractivity contribution is -0.385. The van der Waals surface area contributed by atoms with Crippen molar-refractivity contribution in [1.29, 1.82) is 0 Å². The second-order valence-electron chi connectivity index (χ2n) is 7.95. The molecule has 4 rings (SSSR count). The number of nitrogens with one attached hydrogen (secondary N) is 2. The van der Waals surface area contributed by atoms with E-state index >= 15 is 0 Å². The van der Waals surface area contributed by atoms with Gasteiger partial charge < -0.3 is 10.1 Å². The number of rotatable bonds is 8. The Morgan fingerprint density at radius 2 is 1.44 bits per heavy atom. The van der Waals surface area contributed by atoms with Crippen molar-refractivity contribution in [2.45, 2.75) is 0 Å². The molecule has 0 fully saturated rings. The Labute approximate surface area is 227 Å². The Bertz CT molecular complexity index is 1560. The molecule has 0 radical (unpaired) electrons. The monoisotopic (exact) mass is 542 g/mol. The van der Waals surface area contributed by atoms with Crippen molar-refractivity contribution in [3.8, 4) is 5.75 Å². The molecule has 0 aliphatic carbocycles. The lowest BCUT2D eigenvalue weighted by Crippen LogP contribution is -2.18. The highest BCUT2D eigenvalue weighted by Gasteiger charge is 2.22. The molecule has 0 atom stereocenters. The Morgan fingerprint density at radius 3 is 2.10 bits per heavy atom. The van der Waals surface area contributed by atoms with Gasteiger partial charge in [-0.05, 0) is 66.7 Å². The number of nitro benzene ring substituents is 1. The minimum absolute atomic E-state index is 0.0887. The third kappa shape index (κ3) is 6.90. The van der Waals surface area contributed by atoms with Gasteiger partial charge in [-0.2, -0.15) is 5.10 Å².